The van der Waals surface area contributed by atoms with Crippen molar-refractivity contribution in [3.05, 3.63) is 71.9 Å². The molecular formula is C29H36N6O6S. The first kappa shape index (κ1) is 32.2. The van der Waals surface area contributed by atoms with E-state index >= 15 is 0 Å². The third kappa shape index (κ3) is 9.35. The zero-order chi connectivity index (χ0) is 30.6. The molecule has 0 aliphatic heterocycles. The molecule has 0 radical (unpaired) electrons. The maximum Gasteiger partial charge on any atom is 0.326 e. The van der Waals surface area contributed by atoms with Gasteiger partial charge in [0, 0.05) is 23.5 Å². The molecule has 0 spiro atoms. The van der Waals surface area contributed by atoms with Gasteiger partial charge in [0.25, 0.3) is 0 Å². The van der Waals surface area contributed by atoms with Gasteiger partial charge in [-0.3, -0.25) is 19.2 Å². The normalized spacial score (nSPS) is 13.9. The molecule has 0 fully saturated rings. The van der Waals surface area contributed by atoms with Crippen LogP contribution in [-0.2, 0) is 36.8 Å². The lowest BCUT2D eigenvalue weighted by Crippen LogP contribution is -2.56. The number of aromatic amines is 1. The topological polar surface area (TPSA) is 209 Å². The number of rotatable bonds is 16. The lowest BCUT2D eigenvalue weighted by molar-refractivity contribution is -0.144. The quantitative estimate of drug-likeness (QED) is 0.123. The number of hydrogen-bond donors (Lipinski definition) is 7. The van der Waals surface area contributed by atoms with Gasteiger partial charge in [-0.25, -0.2) is 4.79 Å². The number of thioether (sulfide) groups is 1. The molecule has 0 aliphatic carbocycles. The Balaban J connectivity index is 1.62. The molecule has 3 rings (SSSR count). The number of fused-ring (bicyclic) bond motifs is 1. The van der Waals surface area contributed by atoms with Gasteiger partial charge in [-0.15, -0.1) is 0 Å². The summed E-state index contributed by atoms with van der Waals surface area (Å²) in [4.78, 5) is 65.7. The number of carbonyl (C=O) groups excluding carboxylic acids is 4. The van der Waals surface area contributed by atoms with E-state index in [2.05, 4.69) is 20.9 Å². The number of para-hydroxylation sites is 1. The second-order valence-electron chi connectivity index (χ2n) is 9.83. The number of carboxylic acids is 1. The summed E-state index contributed by atoms with van der Waals surface area (Å²) in [6, 6.07) is 11.7. The van der Waals surface area contributed by atoms with Crippen LogP contribution in [0.25, 0.3) is 10.9 Å². The highest BCUT2D eigenvalue weighted by Crippen LogP contribution is 2.19. The maximum atomic E-state index is 13.1. The van der Waals surface area contributed by atoms with E-state index in [0.29, 0.717) is 5.75 Å². The van der Waals surface area contributed by atoms with Gasteiger partial charge < -0.3 is 37.5 Å². The number of carbonyl (C=O) groups is 5. The van der Waals surface area contributed by atoms with Crippen molar-refractivity contribution >= 4 is 52.3 Å². The molecule has 1 heterocycles. The number of primary amides is 1. The fourth-order valence-electron chi connectivity index (χ4n) is 4.40. The molecule has 3 aromatic rings. The number of aliphatic carboxylic acids is 1. The molecule has 12 nitrogen and oxygen atoms in total. The van der Waals surface area contributed by atoms with Crippen molar-refractivity contribution in [3.8, 4) is 0 Å². The Morgan fingerprint density at radius 1 is 0.881 bits per heavy atom. The van der Waals surface area contributed by atoms with Gasteiger partial charge in [0.05, 0.1) is 12.5 Å². The van der Waals surface area contributed by atoms with Gasteiger partial charge in [-0.1, -0.05) is 48.5 Å². The summed E-state index contributed by atoms with van der Waals surface area (Å²) in [6.07, 6.45) is 3.50. The molecular weight excluding hydrogens is 560 g/mol. The molecule has 0 saturated carbocycles. The Kier molecular flexibility index (Phi) is 11.9. The summed E-state index contributed by atoms with van der Waals surface area (Å²) in [5.41, 5.74) is 14.1. The van der Waals surface area contributed by atoms with Crippen LogP contribution in [0.5, 0.6) is 0 Å². The highest BCUT2D eigenvalue weighted by atomic mass is 32.2. The van der Waals surface area contributed by atoms with Crippen molar-refractivity contribution in [3.63, 3.8) is 0 Å². The number of amides is 4. The maximum absolute atomic E-state index is 13.1. The predicted octanol–water partition coefficient (Wildman–Crippen LogP) is 0.448. The van der Waals surface area contributed by atoms with E-state index in [1.54, 1.807) is 36.5 Å². The number of benzene rings is 2. The van der Waals surface area contributed by atoms with Crippen LogP contribution in [0.2, 0.25) is 0 Å². The molecule has 1 aromatic heterocycles. The Labute approximate surface area is 247 Å². The summed E-state index contributed by atoms with van der Waals surface area (Å²) in [6.45, 7) is 0. The summed E-state index contributed by atoms with van der Waals surface area (Å²) in [7, 11) is 0. The Morgan fingerprint density at radius 2 is 1.55 bits per heavy atom. The lowest BCUT2D eigenvalue weighted by Gasteiger charge is -2.23. The van der Waals surface area contributed by atoms with Crippen molar-refractivity contribution in [2.45, 2.75) is 49.9 Å². The van der Waals surface area contributed by atoms with Crippen LogP contribution >= 0.6 is 11.8 Å². The van der Waals surface area contributed by atoms with Crippen molar-refractivity contribution < 1.29 is 29.1 Å². The first-order valence-corrected chi connectivity index (χ1v) is 14.7. The van der Waals surface area contributed by atoms with Crippen LogP contribution in [0.1, 0.15) is 24.0 Å². The van der Waals surface area contributed by atoms with Gasteiger partial charge >= 0.3 is 5.97 Å². The number of carboxylic acid groups (broad SMARTS) is 1. The molecule has 13 heteroatoms. The molecule has 0 unspecified atom stereocenters. The average molecular weight is 597 g/mol. The van der Waals surface area contributed by atoms with Crippen molar-refractivity contribution in [2.24, 2.45) is 11.5 Å². The summed E-state index contributed by atoms with van der Waals surface area (Å²) < 4.78 is 0. The minimum atomic E-state index is -1.61. The van der Waals surface area contributed by atoms with Gasteiger partial charge in [0.1, 0.15) is 18.1 Å². The third-order valence-electron chi connectivity index (χ3n) is 6.66. The zero-order valence-corrected chi connectivity index (χ0v) is 24.0. The van der Waals surface area contributed by atoms with Crippen LogP contribution in [0.4, 0.5) is 0 Å². The fourth-order valence-corrected chi connectivity index (χ4v) is 4.87. The van der Waals surface area contributed by atoms with Crippen LogP contribution in [-0.4, -0.2) is 75.9 Å². The Bertz CT molecular complexity index is 1400. The smallest absolute Gasteiger partial charge is 0.326 e. The van der Waals surface area contributed by atoms with Crippen LogP contribution in [0.3, 0.4) is 0 Å². The van der Waals surface area contributed by atoms with E-state index in [9.17, 15) is 29.1 Å². The molecule has 2 aromatic carbocycles. The van der Waals surface area contributed by atoms with E-state index in [0.717, 1.165) is 22.0 Å². The van der Waals surface area contributed by atoms with E-state index in [-0.39, 0.29) is 19.3 Å². The number of H-pyrrole nitrogens is 1. The standard InChI is InChI=1S/C29H36N6O6S/c1-42-12-11-22(34-27(38)20(30)14-18-16-32-21-10-6-5-9-19(18)21)28(39)35-24(29(40)41)15-25(36)33-23(26(31)37)13-17-7-3-2-4-8-17/h2-10,16,20,22-24,32H,11-15,30H2,1H3,(H2,31,37)(H,33,36)(H,34,38)(H,35,39)(H,40,41)/t20-,22-,23-,24-/m0/s1. The summed E-state index contributed by atoms with van der Waals surface area (Å²) in [5.74, 6) is -3.87. The molecule has 224 valence electrons. The Hall–Kier alpha value is -4.36. The van der Waals surface area contributed by atoms with E-state index in [1.165, 1.54) is 11.8 Å². The van der Waals surface area contributed by atoms with Crippen molar-refractivity contribution in [2.75, 3.05) is 12.0 Å². The van der Waals surface area contributed by atoms with Crippen LogP contribution < -0.4 is 27.4 Å². The first-order chi connectivity index (χ1) is 20.1. The van der Waals surface area contributed by atoms with E-state index < -0.39 is 60.2 Å². The molecule has 0 aliphatic rings. The highest BCUT2D eigenvalue weighted by molar-refractivity contribution is 7.98. The summed E-state index contributed by atoms with van der Waals surface area (Å²) >= 11 is 1.44. The molecule has 4 atom stereocenters. The van der Waals surface area contributed by atoms with Gasteiger partial charge in [0.15, 0.2) is 0 Å². The Morgan fingerprint density at radius 3 is 2.21 bits per heavy atom. The fraction of sp³-hybridized carbons (Fsp3) is 0.345. The number of hydrogen-bond acceptors (Lipinski definition) is 7. The zero-order valence-electron chi connectivity index (χ0n) is 23.2. The molecule has 9 N–H and O–H groups in total. The summed E-state index contributed by atoms with van der Waals surface area (Å²) in [5, 5.41) is 18.1. The second kappa shape index (κ2) is 15.6. The molecule has 42 heavy (non-hydrogen) atoms. The number of nitrogens with two attached hydrogens (primary N) is 2. The van der Waals surface area contributed by atoms with E-state index in [1.807, 2.05) is 30.5 Å². The lowest BCUT2D eigenvalue weighted by atomic mass is 10.0. The highest BCUT2D eigenvalue weighted by Gasteiger charge is 2.30. The molecule has 0 saturated heterocycles. The third-order valence-corrected chi connectivity index (χ3v) is 7.30. The van der Waals surface area contributed by atoms with Gasteiger partial charge in [-0.2, -0.15) is 11.8 Å². The predicted molar refractivity (Wildman–Crippen MR) is 160 cm³/mol. The number of aromatic nitrogens is 1. The minimum Gasteiger partial charge on any atom is -0.480 e. The molecule has 4 amide bonds. The van der Waals surface area contributed by atoms with Crippen LogP contribution in [0, 0.1) is 0 Å². The number of nitrogens with one attached hydrogen (secondary N) is 4. The monoisotopic (exact) mass is 596 g/mol. The SMILES string of the molecule is CSCC[C@H](NC(=O)[C@@H](N)Cc1c[nH]c2ccccc12)C(=O)N[C@@H](CC(=O)N[C@@H](Cc1ccccc1)C(N)=O)C(=O)O. The largest absolute Gasteiger partial charge is 0.480 e. The average Bonchev–Trinajstić information content (AvgIpc) is 3.37. The second-order valence-corrected chi connectivity index (χ2v) is 10.8. The first-order valence-electron chi connectivity index (χ1n) is 13.3. The van der Waals surface area contributed by atoms with Gasteiger partial charge in [0.2, 0.25) is 23.6 Å². The van der Waals surface area contributed by atoms with Crippen molar-refractivity contribution in [1.82, 2.24) is 20.9 Å². The molecule has 0 bridgehead atoms. The van der Waals surface area contributed by atoms with E-state index in [4.69, 9.17) is 11.5 Å². The van der Waals surface area contributed by atoms with Crippen LogP contribution in [0.15, 0.2) is 60.8 Å². The van der Waals surface area contributed by atoms with Gasteiger partial charge in [-0.05, 0) is 42.0 Å². The minimum absolute atomic E-state index is 0.119. The van der Waals surface area contributed by atoms with Crippen molar-refractivity contribution in [1.29, 1.82) is 0 Å².